The molecule has 9 heteroatoms. The van der Waals surface area contributed by atoms with Crippen LogP contribution in [-0.4, -0.2) is 40.4 Å². The number of hydrogen-bond donors (Lipinski definition) is 2. The van der Waals surface area contributed by atoms with Crippen LogP contribution in [0.3, 0.4) is 0 Å². The van der Waals surface area contributed by atoms with Crippen molar-refractivity contribution in [2.45, 2.75) is 38.1 Å². The summed E-state index contributed by atoms with van der Waals surface area (Å²) in [6.07, 6.45) is 0. The molecule has 0 radical (unpaired) electrons. The van der Waals surface area contributed by atoms with Crippen molar-refractivity contribution in [3.63, 3.8) is 0 Å². The summed E-state index contributed by atoms with van der Waals surface area (Å²) in [6.45, 7) is 8.07. The lowest BCUT2D eigenvalue weighted by Gasteiger charge is -2.21. The molecule has 2 aromatic rings. The van der Waals surface area contributed by atoms with Gasteiger partial charge in [-0.05, 0) is 30.7 Å². The van der Waals surface area contributed by atoms with E-state index in [4.69, 9.17) is 4.74 Å². The number of nitrogens with zero attached hydrogens (tertiary/aromatic N) is 2. The van der Waals surface area contributed by atoms with Crippen LogP contribution in [0.15, 0.2) is 28.6 Å². The third-order valence-electron chi connectivity index (χ3n) is 3.57. The molecule has 27 heavy (non-hydrogen) atoms. The van der Waals surface area contributed by atoms with Gasteiger partial charge >= 0.3 is 0 Å². The van der Waals surface area contributed by atoms with Gasteiger partial charge in [-0.15, -0.1) is 10.2 Å². The van der Waals surface area contributed by atoms with Gasteiger partial charge in [-0.2, -0.15) is 0 Å². The highest BCUT2D eigenvalue weighted by molar-refractivity contribution is 8.01. The first-order valence-corrected chi connectivity index (χ1v) is 10.6. The number of nitrogens with one attached hydrogen (secondary N) is 2. The van der Waals surface area contributed by atoms with E-state index in [0.29, 0.717) is 23.1 Å². The zero-order chi connectivity index (χ0) is 19.8. The molecule has 1 aromatic carbocycles. The van der Waals surface area contributed by atoms with Crippen LogP contribution in [0.5, 0.6) is 5.75 Å². The molecule has 2 rings (SSSR count). The van der Waals surface area contributed by atoms with Crippen LogP contribution in [0.25, 0.3) is 0 Å². The number of aromatic nitrogens is 2. The second kappa shape index (κ2) is 10.3. The van der Waals surface area contributed by atoms with E-state index in [2.05, 4.69) is 20.8 Å². The first kappa shape index (κ1) is 21.2. The smallest absolute Gasteiger partial charge is 0.255 e. The highest BCUT2D eigenvalue weighted by Gasteiger charge is 2.26. The number of amides is 2. The van der Waals surface area contributed by atoms with Crippen molar-refractivity contribution < 1.29 is 14.3 Å². The van der Waals surface area contributed by atoms with Crippen molar-refractivity contribution in [2.24, 2.45) is 5.92 Å². The Morgan fingerprint density at radius 3 is 2.63 bits per heavy atom. The van der Waals surface area contributed by atoms with Gasteiger partial charge in [-0.25, -0.2) is 0 Å². The predicted octanol–water partition coefficient (Wildman–Crippen LogP) is 3.44. The van der Waals surface area contributed by atoms with Gasteiger partial charge in [0.2, 0.25) is 11.0 Å². The zero-order valence-electron chi connectivity index (χ0n) is 15.8. The topological polar surface area (TPSA) is 93.2 Å². The van der Waals surface area contributed by atoms with Crippen molar-refractivity contribution in [3.05, 3.63) is 29.8 Å². The maximum Gasteiger partial charge on any atom is 0.255 e. The summed E-state index contributed by atoms with van der Waals surface area (Å²) in [7, 11) is 0. The molecule has 1 atom stereocenters. The number of hydrogen-bond acceptors (Lipinski definition) is 7. The van der Waals surface area contributed by atoms with Gasteiger partial charge in [0, 0.05) is 0 Å². The Hall–Kier alpha value is -2.13. The summed E-state index contributed by atoms with van der Waals surface area (Å²) in [4.78, 5) is 25.4. The summed E-state index contributed by atoms with van der Waals surface area (Å²) in [5, 5.41) is 14.0. The lowest BCUT2D eigenvalue weighted by atomic mass is 10.0. The minimum absolute atomic E-state index is 0.106. The fourth-order valence-electron chi connectivity index (χ4n) is 2.31. The predicted molar refractivity (Wildman–Crippen MR) is 109 cm³/mol. The Bertz CT molecular complexity index is 779. The number of para-hydroxylation sites is 1. The van der Waals surface area contributed by atoms with Crippen LogP contribution in [-0.2, 0) is 4.79 Å². The summed E-state index contributed by atoms with van der Waals surface area (Å²) in [5.74, 6) is 0.590. The molecule has 2 N–H and O–H groups in total. The third-order valence-corrected chi connectivity index (χ3v) is 5.43. The van der Waals surface area contributed by atoms with E-state index in [-0.39, 0.29) is 17.7 Å². The van der Waals surface area contributed by atoms with E-state index < -0.39 is 6.04 Å². The third kappa shape index (κ3) is 5.93. The molecule has 0 saturated carbocycles. The second-order valence-electron chi connectivity index (χ2n) is 5.92. The summed E-state index contributed by atoms with van der Waals surface area (Å²) in [5.41, 5.74) is 0.398. The number of carbonyl (C=O) groups excluding carboxylic acids is 2. The van der Waals surface area contributed by atoms with Crippen LogP contribution >= 0.6 is 23.1 Å². The standard InChI is InChI=1S/C18H24N4O3S2/c1-5-25-13-10-8-7-9-12(13)15(23)19-14(11(3)4)16(24)20-17-21-22-18(27-17)26-6-2/h7-11,14H,5-6H2,1-4H3,(H,19,23)(H,20,21,24). The van der Waals surface area contributed by atoms with E-state index in [1.807, 2.05) is 27.7 Å². The van der Waals surface area contributed by atoms with E-state index >= 15 is 0 Å². The van der Waals surface area contributed by atoms with Gasteiger partial charge in [0.15, 0.2) is 4.34 Å². The monoisotopic (exact) mass is 408 g/mol. The highest BCUT2D eigenvalue weighted by atomic mass is 32.2. The van der Waals surface area contributed by atoms with Gasteiger partial charge in [-0.1, -0.05) is 56.0 Å². The van der Waals surface area contributed by atoms with E-state index in [1.54, 1.807) is 36.0 Å². The Morgan fingerprint density at radius 2 is 1.96 bits per heavy atom. The molecular weight excluding hydrogens is 384 g/mol. The van der Waals surface area contributed by atoms with Crippen LogP contribution < -0.4 is 15.4 Å². The fraction of sp³-hybridized carbons (Fsp3) is 0.444. The molecule has 0 spiro atoms. The molecule has 0 aliphatic rings. The number of carbonyl (C=O) groups is 2. The molecule has 0 bridgehead atoms. The van der Waals surface area contributed by atoms with E-state index in [0.717, 1.165) is 10.1 Å². The van der Waals surface area contributed by atoms with E-state index in [9.17, 15) is 9.59 Å². The maximum absolute atomic E-state index is 12.7. The van der Waals surface area contributed by atoms with Crippen molar-refractivity contribution in [3.8, 4) is 5.75 Å². The molecule has 2 amide bonds. The number of rotatable bonds is 9. The van der Waals surface area contributed by atoms with Gasteiger partial charge in [0.25, 0.3) is 5.91 Å². The van der Waals surface area contributed by atoms with Gasteiger partial charge < -0.3 is 10.1 Å². The van der Waals surface area contributed by atoms with Crippen molar-refractivity contribution in [1.82, 2.24) is 15.5 Å². The van der Waals surface area contributed by atoms with E-state index in [1.165, 1.54) is 11.3 Å². The fourth-order valence-corrected chi connectivity index (χ4v) is 3.97. The lowest BCUT2D eigenvalue weighted by molar-refractivity contribution is -0.118. The van der Waals surface area contributed by atoms with Crippen LogP contribution in [0.4, 0.5) is 5.13 Å². The first-order valence-electron chi connectivity index (χ1n) is 8.76. The van der Waals surface area contributed by atoms with Crippen molar-refractivity contribution in [1.29, 1.82) is 0 Å². The Balaban J connectivity index is 2.10. The molecule has 0 aliphatic heterocycles. The quantitative estimate of drug-likeness (QED) is 0.488. The first-order chi connectivity index (χ1) is 13.0. The molecule has 1 aromatic heterocycles. The average Bonchev–Trinajstić information content (AvgIpc) is 3.07. The molecule has 1 heterocycles. The second-order valence-corrected chi connectivity index (χ2v) is 8.41. The van der Waals surface area contributed by atoms with Gasteiger partial charge in [0.05, 0.1) is 12.2 Å². The maximum atomic E-state index is 12.7. The number of benzene rings is 1. The lowest BCUT2D eigenvalue weighted by Crippen LogP contribution is -2.47. The Kier molecular flexibility index (Phi) is 8.05. The number of anilines is 1. The van der Waals surface area contributed by atoms with Crippen LogP contribution in [0, 0.1) is 5.92 Å². The van der Waals surface area contributed by atoms with Crippen LogP contribution in [0.2, 0.25) is 0 Å². The highest BCUT2D eigenvalue weighted by Crippen LogP contribution is 2.25. The minimum Gasteiger partial charge on any atom is -0.493 e. The average molecular weight is 409 g/mol. The molecule has 0 fully saturated rings. The number of ether oxygens (including phenoxy) is 1. The Labute approximate surface area is 167 Å². The molecule has 0 aliphatic carbocycles. The Morgan fingerprint density at radius 1 is 1.22 bits per heavy atom. The van der Waals surface area contributed by atoms with Crippen LogP contribution in [0.1, 0.15) is 38.1 Å². The molecule has 7 nitrogen and oxygen atoms in total. The van der Waals surface area contributed by atoms with Crippen molar-refractivity contribution in [2.75, 3.05) is 17.7 Å². The van der Waals surface area contributed by atoms with Gasteiger partial charge in [0.1, 0.15) is 11.8 Å². The number of thioether (sulfide) groups is 1. The minimum atomic E-state index is -0.710. The largest absolute Gasteiger partial charge is 0.493 e. The van der Waals surface area contributed by atoms with Crippen molar-refractivity contribution >= 4 is 40.0 Å². The normalized spacial score (nSPS) is 11.9. The molecule has 0 saturated heterocycles. The zero-order valence-corrected chi connectivity index (χ0v) is 17.4. The summed E-state index contributed by atoms with van der Waals surface area (Å²) in [6, 6.07) is 6.26. The summed E-state index contributed by atoms with van der Waals surface area (Å²) < 4.78 is 6.30. The molecular formula is C18H24N4O3S2. The molecule has 1 unspecified atom stereocenters. The summed E-state index contributed by atoms with van der Waals surface area (Å²) >= 11 is 2.88. The SMILES string of the molecule is CCOc1ccccc1C(=O)NC(C(=O)Nc1nnc(SCC)s1)C(C)C. The van der Waals surface area contributed by atoms with Gasteiger partial charge in [-0.3, -0.25) is 14.9 Å². The molecule has 146 valence electrons.